The molecular weight excluding hydrogens is 254 g/mol. The fourth-order valence-corrected chi connectivity index (χ4v) is 1.76. The van der Waals surface area contributed by atoms with Crippen molar-refractivity contribution in [3.05, 3.63) is 59.2 Å². The Morgan fingerprint density at radius 3 is 2.50 bits per heavy atom. The summed E-state index contributed by atoms with van der Waals surface area (Å²) in [5.74, 6) is -0.508. The number of hydrogen-bond donors (Lipinski definition) is 2. The number of nitriles is 1. The molecule has 100 valence electrons. The molecule has 0 amide bonds. The summed E-state index contributed by atoms with van der Waals surface area (Å²) < 4.78 is 5.16. The number of nitrogens with zero attached hydrogens (tertiary/aromatic N) is 1. The maximum absolute atomic E-state index is 11.9. The van der Waals surface area contributed by atoms with Gasteiger partial charge in [0.25, 0.3) is 0 Å². The first-order chi connectivity index (χ1) is 9.58. The van der Waals surface area contributed by atoms with Crippen LogP contribution < -0.4 is 11.5 Å². The van der Waals surface area contributed by atoms with Gasteiger partial charge in [0.15, 0.2) is 0 Å². The van der Waals surface area contributed by atoms with Gasteiger partial charge in [0.2, 0.25) is 0 Å². The van der Waals surface area contributed by atoms with Crippen LogP contribution in [-0.2, 0) is 11.3 Å². The van der Waals surface area contributed by atoms with E-state index in [0.717, 1.165) is 5.56 Å². The second kappa shape index (κ2) is 5.76. The summed E-state index contributed by atoms with van der Waals surface area (Å²) >= 11 is 0. The van der Waals surface area contributed by atoms with Crippen molar-refractivity contribution >= 4 is 17.3 Å². The molecule has 0 aromatic heterocycles. The van der Waals surface area contributed by atoms with Crippen LogP contribution in [-0.4, -0.2) is 5.97 Å². The Morgan fingerprint density at radius 1 is 1.15 bits per heavy atom. The Morgan fingerprint density at radius 2 is 1.85 bits per heavy atom. The van der Waals surface area contributed by atoms with Crippen molar-refractivity contribution in [3.63, 3.8) is 0 Å². The molecule has 2 rings (SSSR count). The van der Waals surface area contributed by atoms with Crippen molar-refractivity contribution in [2.24, 2.45) is 0 Å². The van der Waals surface area contributed by atoms with Crippen LogP contribution in [0.3, 0.4) is 0 Å². The number of carbonyl (C=O) groups is 1. The van der Waals surface area contributed by atoms with Crippen LogP contribution in [0, 0.1) is 11.3 Å². The maximum Gasteiger partial charge on any atom is 0.338 e. The number of hydrogen-bond acceptors (Lipinski definition) is 5. The fraction of sp³-hybridized carbons (Fsp3) is 0.0667. The number of rotatable bonds is 3. The molecule has 0 spiro atoms. The Balaban J connectivity index is 2.06. The van der Waals surface area contributed by atoms with E-state index in [0.29, 0.717) is 22.5 Å². The number of ether oxygens (including phenoxy) is 1. The van der Waals surface area contributed by atoms with Gasteiger partial charge < -0.3 is 16.2 Å². The lowest BCUT2D eigenvalue weighted by molar-refractivity contribution is 0.0473. The first-order valence-electron chi connectivity index (χ1n) is 5.90. The lowest BCUT2D eigenvalue weighted by Gasteiger charge is -2.07. The minimum atomic E-state index is -0.508. The monoisotopic (exact) mass is 267 g/mol. The first-order valence-corrected chi connectivity index (χ1v) is 5.90. The topological polar surface area (TPSA) is 102 Å². The molecule has 0 radical (unpaired) electrons. The van der Waals surface area contributed by atoms with E-state index in [-0.39, 0.29) is 6.61 Å². The summed E-state index contributed by atoms with van der Waals surface area (Å²) in [5.41, 5.74) is 13.6. The third-order valence-electron chi connectivity index (χ3n) is 2.64. The molecule has 2 aromatic rings. The standard InChI is InChI=1S/C15H13N3O2/c16-8-10-2-1-3-11(4-10)9-20-15(19)12-5-13(17)7-14(18)6-12/h1-7H,9,17-18H2. The van der Waals surface area contributed by atoms with Gasteiger partial charge in [-0.1, -0.05) is 12.1 Å². The van der Waals surface area contributed by atoms with Crippen LogP contribution in [0.5, 0.6) is 0 Å². The summed E-state index contributed by atoms with van der Waals surface area (Å²) in [6, 6.07) is 13.5. The lowest BCUT2D eigenvalue weighted by atomic mass is 10.1. The molecule has 2 aromatic carbocycles. The second-order valence-corrected chi connectivity index (χ2v) is 4.28. The minimum absolute atomic E-state index is 0.0864. The minimum Gasteiger partial charge on any atom is -0.457 e. The smallest absolute Gasteiger partial charge is 0.338 e. The zero-order valence-corrected chi connectivity index (χ0v) is 10.7. The van der Waals surface area contributed by atoms with Gasteiger partial charge in [-0.2, -0.15) is 5.26 Å². The predicted octanol–water partition coefficient (Wildman–Crippen LogP) is 2.08. The number of anilines is 2. The van der Waals surface area contributed by atoms with Gasteiger partial charge in [-0.3, -0.25) is 0 Å². The molecule has 5 heteroatoms. The summed E-state index contributed by atoms with van der Waals surface area (Å²) in [6.45, 7) is 0.0864. The van der Waals surface area contributed by atoms with Gasteiger partial charge in [0, 0.05) is 11.4 Å². The second-order valence-electron chi connectivity index (χ2n) is 4.28. The third-order valence-corrected chi connectivity index (χ3v) is 2.64. The number of esters is 1. The van der Waals surface area contributed by atoms with E-state index >= 15 is 0 Å². The number of benzene rings is 2. The maximum atomic E-state index is 11.9. The molecule has 0 atom stereocenters. The molecule has 0 saturated carbocycles. The molecule has 0 bridgehead atoms. The van der Waals surface area contributed by atoms with Crippen LogP contribution in [0.15, 0.2) is 42.5 Å². The molecule has 5 nitrogen and oxygen atoms in total. The van der Waals surface area contributed by atoms with Crippen molar-refractivity contribution in [2.75, 3.05) is 11.5 Å². The first kappa shape index (κ1) is 13.4. The number of nitrogens with two attached hydrogens (primary N) is 2. The Labute approximate surface area is 116 Å². The highest BCUT2D eigenvalue weighted by Gasteiger charge is 2.09. The molecule has 0 unspecified atom stereocenters. The highest BCUT2D eigenvalue weighted by Crippen LogP contribution is 2.15. The number of nitrogen functional groups attached to an aromatic ring is 2. The third kappa shape index (κ3) is 3.27. The molecule has 0 saturated heterocycles. The average molecular weight is 267 g/mol. The summed E-state index contributed by atoms with van der Waals surface area (Å²) in [7, 11) is 0. The normalized spacial score (nSPS) is 9.75. The van der Waals surface area contributed by atoms with Crippen molar-refractivity contribution in [2.45, 2.75) is 6.61 Å². The molecule has 0 fully saturated rings. The highest BCUT2D eigenvalue weighted by molar-refractivity contribution is 5.91. The predicted molar refractivity (Wildman–Crippen MR) is 75.5 cm³/mol. The molecule has 0 aliphatic rings. The fourth-order valence-electron chi connectivity index (χ4n) is 1.76. The van der Waals surface area contributed by atoms with Gasteiger partial charge in [-0.15, -0.1) is 0 Å². The van der Waals surface area contributed by atoms with Crippen LogP contribution in [0.4, 0.5) is 11.4 Å². The zero-order valence-electron chi connectivity index (χ0n) is 10.7. The van der Waals surface area contributed by atoms with Gasteiger partial charge in [-0.05, 0) is 35.9 Å². The zero-order chi connectivity index (χ0) is 14.5. The Kier molecular flexibility index (Phi) is 3.87. The van der Waals surface area contributed by atoms with Crippen molar-refractivity contribution in [1.82, 2.24) is 0 Å². The Bertz CT molecular complexity index is 670. The van der Waals surface area contributed by atoms with Crippen LogP contribution >= 0.6 is 0 Å². The van der Waals surface area contributed by atoms with E-state index in [1.165, 1.54) is 12.1 Å². The van der Waals surface area contributed by atoms with Gasteiger partial charge in [0.1, 0.15) is 6.61 Å². The molecule has 0 aliphatic heterocycles. The molecule has 0 aliphatic carbocycles. The molecule has 0 heterocycles. The van der Waals surface area contributed by atoms with Gasteiger partial charge in [-0.25, -0.2) is 4.79 Å². The SMILES string of the molecule is N#Cc1cccc(COC(=O)c2cc(N)cc(N)c2)c1. The summed E-state index contributed by atoms with van der Waals surface area (Å²) in [5, 5.41) is 8.79. The van der Waals surface area contributed by atoms with Crippen LogP contribution in [0.1, 0.15) is 21.5 Å². The summed E-state index contributed by atoms with van der Waals surface area (Å²) in [4.78, 5) is 11.9. The van der Waals surface area contributed by atoms with Gasteiger partial charge >= 0.3 is 5.97 Å². The van der Waals surface area contributed by atoms with E-state index in [1.54, 1.807) is 30.3 Å². The van der Waals surface area contributed by atoms with Crippen molar-refractivity contribution in [3.8, 4) is 6.07 Å². The van der Waals surface area contributed by atoms with E-state index < -0.39 is 5.97 Å². The van der Waals surface area contributed by atoms with Crippen molar-refractivity contribution in [1.29, 1.82) is 5.26 Å². The lowest BCUT2D eigenvalue weighted by Crippen LogP contribution is -2.07. The summed E-state index contributed by atoms with van der Waals surface area (Å²) in [6.07, 6.45) is 0. The molecular formula is C15H13N3O2. The highest BCUT2D eigenvalue weighted by atomic mass is 16.5. The quantitative estimate of drug-likeness (QED) is 0.654. The van der Waals surface area contributed by atoms with E-state index in [9.17, 15) is 4.79 Å². The van der Waals surface area contributed by atoms with Crippen LogP contribution in [0.2, 0.25) is 0 Å². The average Bonchev–Trinajstić information content (AvgIpc) is 2.44. The molecule has 20 heavy (non-hydrogen) atoms. The van der Waals surface area contributed by atoms with E-state index in [4.69, 9.17) is 21.5 Å². The van der Waals surface area contributed by atoms with E-state index in [1.807, 2.05) is 6.07 Å². The van der Waals surface area contributed by atoms with E-state index in [2.05, 4.69) is 0 Å². The number of carbonyl (C=O) groups excluding carboxylic acids is 1. The Hall–Kier alpha value is -3.00. The van der Waals surface area contributed by atoms with Crippen LogP contribution in [0.25, 0.3) is 0 Å². The van der Waals surface area contributed by atoms with Gasteiger partial charge in [0.05, 0.1) is 17.2 Å². The molecule has 4 N–H and O–H groups in total. The largest absolute Gasteiger partial charge is 0.457 e. The van der Waals surface area contributed by atoms with Crippen molar-refractivity contribution < 1.29 is 9.53 Å².